The second-order valence-electron chi connectivity index (χ2n) is 5.31. The van der Waals surface area contributed by atoms with Crippen LogP contribution in [0.1, 0.15) is 19.3 Å². The molecule has 0 bridgehead atoms. The molecular formula is C13H18N2O6. The number of likely N-dealkylation sites (N-methyl/N-ethyl adjacent to an activating group) is 1. The summed E-state index contributed by atoms with van der Waals surface area (Å²) in [4.78, 5) is 37.0. The quantitative estimate of drug-likeness (QED) is 0.491. The second kappa shape index (κ2) is 5.45. The van der Waals surface area contributed by atoms with Crippen molar-refractivity contribution in [1.29, 1.82) is 0 Å². The molecule has 8 heteroatoms. The van der Waals surface area contributed by atoms with Crippen LogP contribution in [0.25, 0.3) is 0 Å². The van der Waals surface area contributed by atoms with E-state index in [1.54, 1.807) is 0 Å². The molecule has 2 saturated heterocycles. The second-order valence-corrected chi connectivity index (χ2v) is 5.31. The summed E-state index contributed by atoms with van der Waals surface area (Å²) in [6, 6.07) is 0. The molecule has 116 valence electrons. The standard InChI is InChI=1S/C13H18N2O6/c1-3-4-13(12(19)20,6-11(17)18)14(2)10-7-15-8(16)5-9(15)21-10/h3,9-10H,1,4-7H2,2H3,(H,17,18)(H,19,20). The van der Waals surface area contributed by atoms with Crippen molar-refractivity contribution < 1.29 is 29.3 Å². The lowest BCUT2D eigenvalue weighted by molar-refractivity contribution is -0.173. The minimum Gasteiger partial charge on any atom is -0.481 e. The lowest BCUT2D eigenvalue weighted by Crippen LogP contribution is -2.58. The number of aliphatic carboxylic acids is 2. The predicted molar refractivity (Wildman–Crippen MR) is 70.2 cm³/mol. The number of amides is 1. The molecule has 8 nitrogen and oxygen atoms in total. The minimum absolute atomic E-state index is 0.0381. The molecule has 0 aromatic rings. The van der Waals surface area contributed by atoms with E-state index >= 15 is 0 Å². The van der Waals surface area contributed by atoms with Gasteiger partial charge in [0.2, 0.25) is 5.91 Å². The number of carboxylic acids is 2. The first-order chi connectivity index (χ1) is 9.81. The molecule has 0 aliphatic carbocycles. The molecule has 0 aromatic carbocycles. The lowest BCUT2D eigenvalue weighted by Gasteiger charge is -2.39. The van der Waals surface area contributed by atoms with Crippen LogP contribution in [0.15, 0.2) is 12.7 Å². The Morgan fingerprint density at radius 3 is 2.67 bits per heavy atom. The van der Waals surface area contributed by atoms with Gasteiger partial charge >= 0.3 is 11.9 Å². The number of fused-ring (bicyclic) bond motifs is 1. The van der Waals surface area contributed by atoms with Crippen molar-refractivity contribution in [3.05, 3.63) is 12.7 Å². The van der Waals surface area contributed by atoms with Gasteiger partial charge in [0.1, 0.15) is 18.0 Å². The van der Waals surface area contributed by atoms with Crippen molar-refractivity contribution in [3.63, 3.8) is 0 Å². The van der Waals surface area contributed by atoms with Crippen LogP contribution in [0, 0.1) is 0 Å². The monoisotopic (exact) mass is 298 g/mol. The first-order valence-electron chi connectivity index (χ1n) is 6.56. The molecule has 0 aromatic heterocycles. The van der Waals surface area contributed by atoms with Crippen LogP contribution in [0.4, 0.5) is 0 Å². The highest BCUT2D eigenvalue weighted by Gasteiger charge is 2.52. The predicted octanol–water partition coefficient (Wildman–Crippen LogP) is -0.293. The number of rotatable bonds is 7. The van der Waals surface area contributed by atoms with Crippen LogP contribution >= 0.6 is 0 Å². The average molecular weight is 298 g/mol. The van der Waals surface area contributed by atoms with E-state index in [1.165, 1.54) is 22.9 Å². The Bertz CT molecular complexity index is 493. The maximum Gasteiger partial charge on any atom is 0.325 e. The first-order valence-corrected chi connectivity index (χ1v) is 6.56. The third-order valence-electron chi connectivity index (χ3n) is 4.12. The maximum absolute atomic E-state index is 11.7. The van der Waals surface area contributed by atoms with E-state index in [1.807, 2.05) is 0 Å². The zero-order valence-electron chi connectivity index (χ0n) is 11.7. The number of β-lactam (4-membered cyclic amide) rings is 1. The van der Waals surface area contributed by atoms with Gasteiger partial charge in [-0.1, -0.05) is 6.08 Å². The van der Waals surface area contributed by atoms with E-state index in [0.29, 0.717) is 0 Å². The van der Waals surface area contributed by atoms with Gasteiger partial charge in [0.15, 0.2) is 0 Å². The number of carboxylic acid groups (broad SMARTS) is 2. The van der Waals surface area contributed by atoms with Crippen molar-refractivity contribution in [3.8, 4) is 0 Å². The minimum atomic E-state index is -1.65. The highest BCUT2D eigenvalue weighted by Crippen LogP contribution is 2.34. The largest absolute Gasteiger partial charge is 0.481 e. The van der Waals surface area contributed by atoms with Gasteiger partial charge in [-0.05, 0) is 13.5 Å². The molecule has 3 atom stereocenters. The van der Waals surface area contributed by atoms with Crippen molar-refractivity contribution >= 4 is 17.8 Å². The summed E-state index contributed by atoms with van der Waals surface area (Å²) in [5.74, 6) is -2.52. The van der Waals surface area contributed by atoms with Gasteiger partial charge in [-0.15, -0.1) is 6.58 Å². The Balaban J connectivity index is 2.23. The molecule has 2 aliphatic heterocycles. The Kier molecular flexibility index (Phi) is 4.02. The lowest BCUT2D eigenvalue weighted by atomic mass is 9.89. The molecule has 0 spiro atoms. The first kappa shape index (κ1) is 15.5. The van der Waals surface area contributed by atoms with Crippen molar-refractivity contribution in [1.82, 2.24) is 9.80 Å². The van der Waals surface area contributed by atoms with Crippen LogP contribution in [0.2, 0.25) is 0 Å². The number of hydrogen-bond donors (Lipinski definition) is 2. The van der Waals surface area contributed by atoms with Gasteiger partial charge in [-0.3, -0.25) is 19.3 Å². The highest BCUT2D eigenvalue weighted by molar-refractivity contribution is 5.85. The topological polar surface area (TPSA) is 107 Å². The average Bonchev–Trinajstić information content (AvgIpc) is 2.73. The van der Waals surface area contributed by atoms with Crippen LogP contribution in [0.3, 0.4) is 0 Å². The third kappa shape index (κ3) is 2.52. The molecule has 1 amide bonds. The van der Waals surface area contributed by atoms with E-state index in [9.17, 15) is 19.5 Å². The smallest absolute Gasteiger partial charge is 0.325 e. The fraction of sp³-hybridized carbons (Fsp3) is 0.615. The third-order valence-corrected chi connectivity index (χ3v) is 4.12. The van der Waals surface area contributed by atoms with E-state index in [4.69, 9.17) is 9.84 Å². The summed E-state index contributed by atoms with van der Waals surface area (Å²) >= 11 is 0. The summed E-state index contributed by atoms with van der Waals surface area (Å²) in [7, 11) is 1.50. The van der Waals surface area contributed by atoms with Crippen LogP contribution in [-0.2, 0) is 19.1 Å². The molecule has 2 fully saturated rings. The molecule has 2 rings (SSSR count). The van der Waals surface area contributed by atoms with Gasteiger partial charge in [-0.25, -0.2) is 0 Å². The summed E-state index contributed by atoms with van der Waals surface area (Å²) in [6.07, 6.45) is 0.0714. The zero-order valence-corrected chi connectivity index (χ0v) is 11.7. The summed E-state index contributed by atoms with van der Waals surface area (Å²) in [5, 5.41) is 18.6. The van der Waals surface area contributed by atoms with Gasteiger partial charge in [0, 0.05) is 0 Å². The van der Waals surface area contributed by atoms with E-state index in [2.05, 4.69) is 6.58 Å². The summed E-state index contributed by atoms with van der Waals surface area (Å²) in [5.41, 5.74) is -1.65. The van der Waals surface area contributed by atoms with Crippen molar-refractivity contribution in [2.45, 2.75) is 37.3 Å². The molecule has 0 saturated carbocycles. The van der Waals surface area contributed by atoms with Gasteiger partial charge in [0.25, 0.3) is 0 Å². The molecular weight excluding hydrogens is 280 g/mol. The Morgan fingerprint density at radius 2 is 2.24 bits per heavy atom. The van der Waals surface area contributed by atoms with Crippen molar-refractivity contribution in [2.75, 3.05) is 13.6 Å². The molecule has 2 N–H and O–H groups in total. The molecule has 3 unspecified atom stereocenters. The fourth-order valence-electron chi connectivity index (χ4n) is 2.79. The molecule has 2 heterocycles. The summed E-state index contributed by atoms with van der Waals surface area (Å²) in [6.45, 7) is 3.75. The van der Waals surface area contributed by atoms with Crippen molar-refractivity contribution in [2.24, 2.45) is 0 Å². The number of carbonyl (C=O) groups excluding carboxylic acids is 1. The summed E-state index contributed by atoms with van der Waals surface area (Å²) < 4.78 is 5.62. The van der Waals surface area contributed by atoms with E-state index < -0.39 is 30.1 Å². The Morgan fingerprint density at radius 1 is 1.57 bits per heavy atom. The normalized spacial score (nSPS) is 27.0. The number of carbonyl (C=O) groups is 3. The van der Waals surface area contributed by atoms with Crippen LogP contribution in [0.5, 0.6) is 0 Å². The van der Waals surface area contributed by atoms with Crippen LogP contribution < -0.4 is 0 Å². The van der Waals surface area contributed by atoms with E-state index in [-0.39, 0.29) is 31.5 Å². The van der Waals surface area contributed by atoms with E-state index in [0.717, 1.165) is 0 Å². The molecule has 0 radical (unpaired) electrons. The molecule has 21 heavy (non-hydrogen) atoms. The maximum atomic E-state index is 11.7. The SMILES string of the molecule is C=CCC(CC(=O)O)(C(=O)O)N(C)C1CN2C(=O)CC2O1. The van der Waals surface area contributed by atoms with Crippen LogP contribution in [-0.4, -0.2) is 69.4 Å². The van der Waals surface area contributed by atoms with Gasteiger partial charge < -0.3 is 19.8 Å². The Labute approximate surface area is 121 Å². The zero-order chi connectivity index (χ0) is 15.8. The number of ether oxygens (including phenoxy) is 1. The highest BCUT2D eigenvalue weighted by atomic mass is 16.5. The Hall–Kier alpha value is -1.93. The molecule has 2 aliphatic rings. The van der Waals surface area contributed by atoms with Gasteiger partial charge in [0.05, 0.1) is 19.4 Å². The van der Waals surface area contributed by atoms with Gasteiger partial charge in [-0.2, -0.15) is 0 Å². The fourth-order valence-corrected chi connectivity index (χ4v) is 2.79. The number of hydrogen-bond acceptors (Lipinski definition) is 5. The number of nitrogens with zero attached hydrogens (tertiary/aromatic N) is 2.